The van der Waals surface area contributed by atoms with Gasteiger partial charge in [0, 0.05) is 17.0 Å². The quantitative estimate of drug-likeness (QED) is 0.184. The summed E-state index contributed by atoms with van der Waals surface area (Å²) in [5.74, 6) is -6.67. The molecule has 3 rings (SSSR count). The molecule has 0 aliphatic heterocycles. The fourth-order valence-corrected chi connectivity index (χ4v) is 4.72. The van der Waals surface area contributed by atoms with E-state index in [0.717, 1.165) is 0 Å². The number of alkyl halides is 3. The molecule has 3 atom stereocenters. The summed E-state index contributed by atoms with van der Waals surface area (Å²) in [6.45, 7) is 1.99. The predicted molar refractivity (Wildman–Crippen MR) is 168 cm³/mol. The summed E-state index contributed by atoms with van der Waals surface area (Å²) in [6.07, 6.45) is -5.37. The van der Waals surface area contributed by atoms with Gasteiger partial charge in [-0.15, -0.1) is 0 Å². The number of hydrogen-bond donors (Lipinski definition) is 4. The largest absolute Gasteiger partial charge is 0.497 e. The number of benzene rings is 3. The van der Waals surface area contributed by atoms with Gasteiger partial charge in [0.15, 0.2) is 6.61 Å². The first-order chi connectivity index (χ1) is 22.6. The van der Waals surface area contributed by atoms with Gasteiger partial charge < -0.3 is 30.5 Å². The van der Waals surface area contributed by atoms with E-state index in [1.807, 2.05) is 0 Å². The average Bonchev–Trinajstić information content (AvgIpc) is 3.04. The first-order valence-corrected chi connectivity index (χ1v) is 14.8. The lowest BCUT2D eigenvalue weighted by Gasteiger charge is -2.27. The first-order valence-electron chi connectivity index (χ1n) is 14.4. The predicted octanol–water partition coefficient (Wildman–Crippen LogP) is 4.28. The maximum atomic E-state index is 13.9. The van der Waals surface area contributed by atoms with E-state index < -0.39 is 66.3 Å². The summed E-state index contributed by atoms with van der Waals surface area (Å²) < 4.78 is 50.4. The van der Waals surface area contributed by atoms with Gasteiger partial charge in [0.1, 0.15) is 23.6 Å². The molecule has 3 amide bonds. The van der Waals surface area contributed by atoms with Crippen molar-refractivity contribution in [2.75, 3.05) is 13.7 Å². The molecule has 0 aliphatic carbocycles. The zero-order chi connectivity index (χ0) is 35.6. The molecule has 256 valence electrons. The first kappa shape index (κ1) is 37.3. The van der Waals surface area contributed by atoms with Crippen molar-refractivity contribution >= 4 is 41.1 Å². The molecule has 0 spiro atoms. The number of carbonyl (C=O) groups excluding carboxylic acids is 4. The summed E-state index contributed by atoms with van der Waals surface area (Å²) >= 11 is 6.13. The van der Waals surface area contributed by atoms with Crippen LogP contribution in [0.3, 0.4) is 0 Å². The Hall–Kier alpha value is -5.11. The number of ketones is 1. The highest BCUT2D eigenvalue weighted by Gasteiger charge is 2.45. The third kappa shape index (κ3) is 10.7. The van der Waals surface area contributed by atoms with E-state index in [0.29, 0.717) is 16.3 Å². The Kier molecular flexibility index (Phi) is 12.9. The molecule has 4 N–H and O–H groups in total. The van der Waals surface area contributed by atoms with E-state index in [-0.39, 0.29) is 23.3 Å². The van der Waals surface area contributed by atoms with Crippen LogP contribution in [0.1, 0.15) is 41.4 Å². The molecular formula is C33H33ClF3N3O8. The monoisotopic (exact) mass is 691 g/mol. The fraction of sp³-hybridized carbons (Fsp3) is 0.303. The molecule has 15 heteroatoms. The lowest BCUT2D eigenvalue weighted by Crippen LogP contribution is -2.55. The van der Waals surface area contributed by atoms with Crippen molar-refractivity contribution < 1.29 is 51.7 Å². The topological polar surface area (TPSA) is 160 Å². The Morgan fingerprint density at radius 3 is 2.10 bits per heavy atom. The van der Waals surface area contributed by atoms with Crippen molar-refractivity contribution in [1.82, 2.24) is 16.0 Å². The van der Waals surface area contributed by atoms with Crippen LogP contribution in [0.15, 0.2) is 72.8 Å². The highest BCUT2D eigenvalue weighted by Crippen LogP contribution is 2.24. The lowest BCUT2D eigenvalue weighted by atomic mass is 9.97. The van der Waals surface area contributed by atoms with Crippen LogP contribution in [-0.4, -0.2) is 66.6 Å². The van der Waals surface area contributed by atoms with Gasteiger partial charge in [-0.3, -0.25) is 19.2 Å². The molecule has 0 aromatic heterocycles. The van der Waals surface area contributed by atoms with E-state index in [4.69, 9.17) is 26.2 Å². The Labute approximate surface area is 278 Å². The molecule has 0 aliphatic rings. The van der Waals surface area contributed by atoms with E-state index in [1.165, 1.54) is 69.5 Å². The zero-order valence-corrected chi connectivity index (χ0v) is 26.7. The minimum absolute atomic E-state index is 0.0108. The maximum absolute atomic E-state index is 13.9. The molecular weight excluding hydrogens is 659 g/mol. The molecule has 48 heavy (non-hydrogen) atoms. The van der Waals surface area contributed by atoms with Crippen LogP contribution in [0.5, 0.6) is 11.5 Å². The van der Waals surface area contributed by atoms with Gasteiger partial charge in [0.25, 0.3) is 11.7 Å². The van der Waals surface area contributed by atoms with Crippen LogP contribution in [0, 0.1) is 5.92 Å². The number of methoxy groups -OCH3 is 1. The molecule has 3 aromatic carbocycles. The van der Waals surface area contributed by atoms with Gasteiger partial charge in [-0.05, 0) is 59.5 Å². The van der Waals surface area contributed by atoms with E-state index in [2.05, 4.69) is 16.0 Å². The van der Waals surface area contributed by atoms with Gasteiger partial charge in [-0.2, -0.15) is 13.2 Å². The number of carbonyl (C=O) groups is 5. The molecule has 11 nitrogen and oxygen atoms in total. The van der Waals surface area contributed by atoms with E-state index >= 15 is 0 Å². The van der Waals surface area contributed by atoms with Crippen LogP contribution in [0.2, 0.25) is 5.02 Å². The number of ether oxygens (including phenoxy) is 2. The third-order valence-electron chi connectivity index (χ3n) is 6.93. The maximum Gasteiger partial charge on any atom is 0.452 e. The number of carboxylic acids is 1. The summed E-state index contributed by atoms with van der Waals surface area (Å²) in [6, 6.07) is 12.8. The molecule has 0 saturated carbocycles. The Bertz CT molecular complexity index is 1630. The molecule has 3 aromatic rings. The van der Waals surface area contributed by atoms with Crippen molar-refractivity contribution in [1.29, 1.82) is 0 Å². The minimum atomic E-state index is -5.23. The number of Topliss-reactive ketones (excluding diaryl/α,β-unsaturated/α-hetero) is 1. The highest BCUT2D eigenvalue weighted by atomic mass is 35.5. The van der Waals surface area contributed by atoms with Crippen LogP contribution < -0.4 is 25.4 Å². The molecule has 0 bridgehead atoms. The van der Waals surface area contributed by atoms with Gasteiger partial charge in [-0.25, -0.2) is 4.79 Å². The van der Waals surface area contributed by atoms with Crippen molar-refractivity contribution in [3.05, 3.63) is 94.5 Å². The van der Waals surface area contributed by atoms with Crippen molar-refractivity contribution in [2.24, 2.45) is 5.92 Å². The van der Waals surface area contributed by atoms with E-state index in [1.54, 1.807) is 24.3 Å². The number of hydrogen-bond acceptors (Lipinski definition) is 7. The Morgan fingerprint density at radius 1 is 0.854 bits per heavy atom. The Morgan fingerprint density at radius 2 is 1.52 bits per heavy atom. The molecule has 0 heterocycles. The fourth-order valence-electron chi connectivity index (χ4n) is 4.51. The van der Waals surface area contributed by atoms with Crippen LogP contribution >= 0.6 is 11.6 Å². The smallest absolute Gasteiger partial charge is 0.452 e. The second-order valence-corrected chi connectivity index (χ2v) is 11.3. The van der Waals surface area contributed by atoms with Gasteiger partial charge in [0.05, 0.1) is 13.2 Å². The second kappa shape index (κ2) is 16.6. The van der Waals surface area contributed by atoms with Gasteiger partial charge in [-0.1, -0.05) is 55.8 Å². The number of aliphatic carboxylic acids is 1. The van der Waals surface area contributed by atoms with Crippen LogP contribution in [-0.2, 0) is 25.6 Å². The lowest BCUT2D eigenvalue weighted by molar-refractivity contribution is -0.175. The second-order valence-electron chi connectivity index (χ2n) is 10.9. The number of halogens is 4. The van der Waals surface area contributed by atoms with Gasteiger partial charge >= 0.3 is 12.1 Å². The summed E-state index contributed by atoms with van der Waals surface area (Å²) in [7, 11) is 1.40. The van der Waals surface area contributed by atoms with Crippen molar-refractivity contribution in [2.45, 2.75) is 44.6 Å². The van der Waals surface area contributed by atoms with Crippen molar-refractivity contribution in [3.8, 4) is 11.5 Å². The molecule has 3 unspecified atom stereocenters. The summed E-state index contributed by atoms with van der Waals surface area (Å²) in [5.41, 5.74) is 0.666. The summed E-state index contributed by atoms with van der Waals surface area (Å²) in [4.78, 5) is 63.8. The Balaban J connectivity index is 1.97. The number of rotatable bonds is 15. The van der Waals surface area contributed by atoms with Crippen LogP contribution in [0.25, 0.3) is 0 Å². The summed E-state index contributed by atoms with van der Waals surface area (Å²) in [5, 5.41) is 16.4. The van der Waals surface area contributed by atoms with Gasteiger partial charge in [0.2, 0.25) is 11.8 Å². The SMILES string of the molecule is COc1ccc(C(NC(=O)C(Cc2cccc(Cl)c2)NC(=O)c2cccc(OCC(=O)O)c2)C(=O)NC(C(=O)C(F)(F)F)C(C)C)cc1. The normalized spacial score (nSPS) is 13.1. The third-order valence-corrected chi connectivity index (χ3v) is 7.17. The minimum Gasteiger partial charge on any atom is -0.497 e. The average molecular weight is 692 g/mol. The number of carboxylic acid groups (broad SMARTS) is 1. The molecule has 0 fully saturated rings. The number of nitrogens with one attached hydrogen (secondary N) is 3. The number of amides is 3. The highest BCUT2D eigenvalue weighted by molar-refractivity contribution is 6.30. The van der Waals surface area contributed by atoms with E-state index in [9.17, 15) is 37.1 Å². The van der Waals surface area contributed by atoms with Crippen LogP contribution in [0.4, 0.5) is 13.2 Å². The standard InChI is InChI=1S/C33H33ClF3N3O8/c1-18(2)27(29(43)33(35,36)37)39-32(46)28(20-10-12-23(47-3)13-11-20)40-31(45)25(15-19-6-4-8-22(34)14-19)38-30(44)21-7-5-9-24(16-21)48-17-26(41)42/h4-14,16,18,25,27-28H,15,17H2,1-3H3,(H,38,44)(H,39,46)(H,40,45)(H,41,42). The molecule has 0 saturated heterocycles. The molecule has 0 radical (unpaired) electrons. The van der Waals surface area contributed by atoms with Crippen molar-refractivity contribution in [3.63, 3.8) is 0 Å². The zero-order valence-electron chi connectivity index (χ0n) is 26.0.